The van der Waals surface area contributed by atoms with Crippen LogP contribution in [0.15, 0.2) is 41.1 Å². The van der Waals surface area contributed by atoms with Crippen LogP contribution in [0.1, 0.15) is 58.9 Å². The number of likely N-dealkylation sites (tertiary alicyclic amines) is 1. The Morgan fingerprint density at radius 2 is 2.00 bits per heavy atom. The van der Waals surface area contributed by atoms with Gasteiger partial charge in [-0.1, -0.05) is 23.4 Å². The number of amides is 2. The molecule has 2 aromatic heterocycles. The van der Waals surface area contributed by atoms with E-state index in [2.05, 4.69) is 25.4 Å². The van der Waals surface area contributed by atoms with Crippen molar-refractivity contribution in [3.8, 4) is 0 Å². The summed E-state index contributed by atoms with van der Waals surface area (Å²) in [5, 5.41) is 6.60. The highest BCUT2D eigenvalue weighted by Crippen LogP contribution is 2.31. The summed E-state index contributed by atoms with van der Waals surface area (Å²) in [5.41, 5.74) is 1.70. The van der Waals surface area contributed by atoms with Crippen LogP contribution < -0.4 is 5.32 Å². The molecule has 1 aliphatic rings. The Balaban J connectivity index is 1.43. The molecule has 9 heteroatoms. The van der Waals surface area contributed by atoms with Gasteiger partial charge in [-0.25, -0.2) is 9.97 Å². The maximum absolute atomic E-state index is 12.8. The van der Waals surface area contributed by atoms with Crippen LogP contribution >= 0.6 is 0 Å². The lowest BCUT2D eigenvalue weighted by Crippen LogP contribution is -2.32. The molecule has 4 rings (SSSR count). The Bertz CT molecular complexity index is 1080. The number of para-hydroxylation sites is 1. The van der Waals surface area contributed by atoms with E-state index in [1.54, 1.807) is 13.8 Å². The molecule has 1 fully saturated rings. The normalized spacial score (nSPS) is 15.8. The maximum atomic E-state index is 12.8. The van der Waals surface area contributed by atoms with Gasteiger partial charge in [0.05, 0.1) is 17.3 Å². The fourth-order valence-electron chi connectivity index (χ4n) is 3.72. The minimum Gasteiger partial charge on any atom is -0.339 e. The van der Waals surface area contributed by atoms with Gasteiger partial charge in [-0.3, -0.25) is 9.59 Å². The number of carbonyl (C=O) groups excluding carboxylic acids is 2. The highest BCUT2D eigenvalue weighted by Gasteiger charge is 2.32. The van der Waals surface area contributed by atoms with Crippen LogP contribution in [0.3, 0.4) is 0 Å². The van der Waals surface area contributed by atoms with Gasteiger partial charge in [-0.15, -0.1) is 0 Å². The largest absolute Gasteiger partial charge is 0.339 e. The number of anilines is 1. The first-order valence-electron chi connectivity index (χ1n) is 10.3. The van der Waals surface area contributed by atoms with Crippen LogP contribution in [0.2, 0.25) is 0 Å². The molecule has 9 nitrogen and oxygen atoms in total. The van der Waals surface area contributed by atoms with Crippen LogP contribution in [-0.2, 0) is 11.2 Å². The number of rotatable bonds is 6. The zero-order valence-corrected chi connectivity index (χ0v) is 17.5. The average molecular weight is 420 g/mol. The molecule has 0 aliphatic carbocycles. The van der Waals surface area contributed by atoms with E-state index in [-0.39, 0.29) is 24.3 Å². The van der Waals surface area contributed by atoms with Gasteiger partial charge >= 0.3 is 0 Å². The molecule has 0 bridgehead atoms. The lowest BCUT2D eigenvalue weighted by molar-refractivity contribution is -0.132. The number of hydrogen-bond acceptors (Lipinski definition) is 7. The Labute approximate surface area is 179 Å². The predicted molar refractivity (Wildman–Crippen MR) is 112 cm³/mol. The molecular formula is C22H24N6O3. The Morgan fingerprint density at radius 1 is 1.19 bits per heavy atom. The second-order valence-electron chi connectivity index (χ2n) is 7.53. The number of aromatic nitrogens is 4. The summed E-state index contributed by atoms with van der Waals surface area (Å²) in [4.78, 5) is 40.3. The zero-order valence-electron chi connectivity index (χ0n) is 17.5. The third-order valence-electron chi connectivity index (χ3n) is 5.27. The minimum atomic E-state index is -0.260. The Hall–Kier alpha value is -3.62. The molecule has 0 radical (unpaired) electrons. The van der Waals surface area contributed by atoms with E-state index in [4.69, 9.17) is 4.52 Å². The van der Waals surface area contributed by atoms with E-state index in [1.807, 2.05) is 35.2 Å². The van der Waals surface area contributed by atoms with Gasteiger partial charge in [-0.2, -0.15) is 4.98 Å². The van der Waals surface area contributed by atoms with Gasteiger partial charge in [0.15, 0.2) is 11.6 Å². The summed E-state index contributed by atoms with van der Waals surface area (Å²) in [6.07, 6.45) is 3.91. The molecule has 3 heterocycles. The second-order valence-corrected chi connectivity index (χ2v) is 7.53. The van der Waals surface area contributed by atoms with E-state index >= 15 is 0 Å². The minimum absolute atomic E-state index is 0.00510. The fourth-order valence-corrected chi connectivity index (χ4v) is 3.72. The summed E-state index contributed by atoms with van der Waals surface area (Å²) in [7, 11) is 0. The number of carbonyl (C=O) groups is 2. The van der Waals surface area contributed by atoms with E-state index in [0.717, 1.165) is 12.8 Å². The topological polar surface area (TPSA) is 114 Å². The molecule has 1 saturated heterocycles. The van der Waals surface area contributed by atoms with Crippen molar-refractivity contribution in [3.05, 3.63) is 65.3 Å². The summed E-state index contributed by atoms with van der Waals surface area (Å²) >= 11 is 0. The Kier molecular flexibility index (Phi) is 6.01. The number of hydrogen-bond donors (Lipinski definition) is 1. The Morgan fingerprint density at radius 3 is 2.71 bits per heavy atom. The molecule has 1 atom stereocenters. The molecule has 1 N–H and O–H groups in total. The molecule has 0 saturated carbocycles. The first-order chi connectivity index (χ1) is 15.0. The molecule has 1 unspecified atom stereocenters. The van der Waals surface area contributed by atoms with Gasteiger partial charge in [0.25, 0.3) is 5.91 Å². The third-order valence-corrected chi connectivity index (χ3v) is 5.27. The average Bonchev–Trinajstić information content (AvgIpc) is 3.41. The second kappa shape index (κ2) is 9.03. The van der Waals surface area contributed by atoms with Crippen molar-refractivity contribution >= 4 is 17.5 Å². The SMILES string of the molecule is Cc1noc(CCC(=O)N2CCCC2c2ncc(C(=O)Nc3ccccc3)c(C)n2)n1. The first-order valence-corrected chi connectivity index (χ1v) is 10.3. The summed E-state index contributed by atoms with van der Waals surface area (Å²) in [6.45, 7) is 4.18. The summed E-state index contributed by atoms with van der Waals surface area (Å²) < 4.78 is 5.09. The number of benzene rings is 1. The molecule has 1 aromatic carbocycles. The van der Waals surface area contributed by atoms with Gasteiger partial charge in [0.2, 0.25) is 11.8 Å². The molecule has 0 spiro atoms. The van der Waals surface area contributed by atoms with Crippen molar-refractivity contribution in [2.24, 2.45) is 0 Å². The van der Waals surface area contributed by atoms with E-state index < -0.39 is 0 Å². The molecule has 3 aromatic rings. The van der Waals surface area contributed by atoms with Crippen molar-refractivity contribution < 1.29 is 14.1 Å². The fraction of sp³-hybridized carbons (Fsp3) is 0.364. The third kappa shape index (κ3) is 4.76. The van der Waals surface area contributed by atoms with Gasteiger partial charge in [0.1, 0.15) is 0 Å². The lowest BCUT2D eigenvalue weighted by atomic mass is 10.1. The van der Waals surface area contributed by atoms with Crippen molar-refractivity contribution in [3.63, 3.8) is 0 Å². The molecule has 1 aliphatic heterocycles. The van der Waals surface area contributed by atoms with Crippen molar-refractivity contribution in [1.82, 2.24) is 25.0 Å². The van der Waals surface area contributed by atoms with Crippen LogP contribution in [0.5, 0.6) is 0 Å². The molecule has 2 amide bonds. The smallest absolute Gasteiger partial charge is 0.259 e. The zero-order chi connectivity index (χ0) is 21.8. The van der Waals surface area contributed by atoms with Gasteiger partial charge in [-0.05, 0) is 38.8 Å². The van der Waals surface area contributed by atoms with Crippen LogP contribution in [0.4, 0.5) is 5.69 Å². The quantitative estimate of drug-likeness (QED) is 0.652. The highest BCUT2D eigenvalue weighted by atomic mass is 16.5. The standard InChI is InChI=1S/C22H24N6O3/c1-14-17(22(30)26-16-7-4-3-5-8-16)13-23-21(24-14)18-9-6-12-28(18)20(29)11-10-19-25-15(2)27-31-19/h3-5,7-8,13,18H,6,9-12H2,1-2H3,(H,26,30). The lowest BCUT2D eigenvalue weighted by Gasteiger charge is -2.24. The molecule has 160 valence electrons. The van der Waals surface area contributed by atoms with Gasteiger partial charge in [0, 0.05) is 31.3 Å². The number of aryl methyl sites for hydroxylation is 3. The van der Waals surface area contributed by atoms with Gasteiger partial charge < -0.3 is 14.7 Å². The summed E-state index contributed by atoms with van der Waals surface area (Å²) in [5.74, 6) is 1.33. The number of nitrogens with one attached hydrogen (secondary N) is 1. The predicted octanol–water partition coefficient (Wildman–Crippen LogP) is 3.03. The van der Waals surface area contributed by atoms with E-state index in [9.17, 15) is 9.59 Å². The van der Waals surface area contributed by atoms with Crippen molar-refractivity contribution in [1.29, 1.82) is 0 Å². The van der Waals surface area contributed by atoms with Crippen LogP contribution in [0, 0.1) is 13.8 Å². The molecule has 31 heavy (non-hydrogen) atoms. The maximum Gasteiger partial charge on any atom is 0.259 e. The monoisotopic (exact) mass is 420 g/mol. The van der Waals surface area contributed by atoms with Crippen molar-refractivity contribution in [2.45, 2.75) is 45.6 Å². The van der Waals surface area contributed by atoms with E-state index in [0.29, 0.717) is 47.4 Å². The van der Waals surface area contributed by atoms with E-state index in [1.165, 1.54) is 6.20 Å². The molecular weight excluding hydrogens is 396 g/mol. The highest BCUT2D eigenvalue weighted by molar-refractivity contribution is 6.04. The number of nitrogens with zero attached hydrogens (tertiary/aromatic N) is 5. The first kappa shape index (κ1) is 20.6. The summed E-state index contributed by atoms with van der Waals surface area (Å²) in [6, 6.07) is 9.04. The van der Waals surface area contributed by atoms with Crippen molar-refractivity contribution in [2.75, 3.05) is 11.9 Å². The van der Waals surface area contributed by atoms with Crippen LogP contribution in [0.25, 0.3) is 0 Å². The van der Waals surface area contributed by atoms with Crippen LogP contribution in [-0.4, -0.2) is 43.4 Å².